The van der Waals surface area contributed by atoms with E-state index in [-0.39, 0.29) is 0 Å². The molecule has 0 bridgehead atoms. The van der Waals surface area contributed by atoms with E-state index in [1.807, 2.05) is 0 Å². The fourth-order valence-corrected chi connectivity index (χ4v) is 0.876. The molecule has 1 aromatic rings. The number of nitrogens with zero attached hydrogens (tertiary/aromatic N) is 1. The van der Waals surface area contributed by atoms with Crippen LogP contribution in [0.4, 0.5) is 4.39 Å². The third-order valence-electron chi connectivity index (χ3n) is 1.45. The topological polar surface area (TPSA) is 39.2 Å². The molecular formula is C10H10FNO2. The minimum absolute atomic E-state index is 0.327. The molecule has 0 fully saturated rings. The predicted octanol–water partition coefficient (Wildman–Crippen LogP) is 1.80. The van der Waals surface area contributed by atoms with Crippen molar-refractivity contribution < 1.29 is 13.9 Å². The minimum Gasteiger partial charge on any atom is -0.463 e. The fraction of sp³-hybridized carbons (Fsp3) is 0.200. The van der Waals surface area contributed by atoms with Crippen LogP contribution in [-0.2, 0) is 9.53 Å². The molecule has 0 spiro atoms. The van der Waals surface area contributed by atoms with Crippen molar-refractivity contribution in [3.8, 4) is 0 Å². The van der Waals surface area contributed by atoms with E-state index in [0.717, 1.165) is 0 Å². The van der Waals surface area contributed by atoms with Crippen molar-refractivity contribution in [2.24, 2.45) is 0 Å². The van der Waals surface area contributed by atoms with Crippen molar-refractivity contribution in [3.63, 3.8) is 0 Å². The summed E-state index contributed by atoms with van der Waals surface area (Å²) in [6.45, 7) is 2.05. The molecule has 4 heteroatoms. The van der Waals surface area contributed by atoms with Crippen LogP contribution >= 0.6 is 0 Å². The number of pyridine rings is 1. The van der Waals surface area contributed by atoms with Crippen LogP contribution < -0.4 is 0 Å². The van der Waals surface area contributed by atoms with E-state index in [0.29, 0.717) is 12.2 Å². The van der Waals surface area contributed by atoms with Gasteiger partial charge in [-0.05, 0) is 24.6 Å². The maximum absolute atomic E-state index is 12.6. The van der Waals surface area contributed by atoms with Gasteiger partial charge in [0.15, 0.2) is 0 Å². The second-order valence-electron chi connectivity index (χ2n) is 2.50. The summed E-state index contributed by atoms with van der Waals surface area (Å²) in [5.41, 5.74) is 0.575. The first-order valence-electron chi connectivity index (χ1n) is 4.18. The Hall–Kier alpha value is -1.71. The highest BCUT2D eigenvalue weighted by Gasteiger charge is 1.95. The Morgan fingerprint density at radius 1 is 1.71 bits per heavy atom. The van der Waals surface area contributed by atoms with Crippen molar-refractivity contribution in [3.05, 3.63) is 35.9 Å². The normalized spacial score (nSPS) is 10.4. The molecule has 1 aromatic heterocycles. The van der Waals surface area contributed by atoms with Gasteiger partial charge in [-0.15, -0.1) is 0 Å². The molecule has 0 saturated heterocycles. The van der Waals surface area contributed by atoms with Gasteiger partial charge in [0.25, 0.3) is 0 Å². The predicted molar refractivity (Wildman–Crippen MR) is 49.9 cm³/mol. The van der Waals surface area contributed by atoms with E-state index in [2.05, 4.69) is 9.72 Å². The number of hydrogen-bond donors (Lipinski definition) is 0. The van der Waals surface area contributed by atoms with Crippen LogP contribution in [0.2, 0.25) is 0 Å². The van der Waals surface area contributed by atoms with Gasteiger partial charge in [0.1, 0.15) is 0 Å². The van der Waals surface area contributed by atoms with Gasteiger partial charge in [-0.3, -0.25) is 0 Å². The Morgan fingerprint density at radius 2 is 2.50 bits per heavy atom. The van der Waals surface area contributed by atoms with Gasteiger partial charge in [0.2, 0.25) is 5.95 Å². The number of carbonyl (C=O) groups excluding carboxylic acids is 1. The summed E-state index contributed by atoms with van der Waals surface area (Å²) in [5, 5.41) is 0. The Bertz CT molecular complexity index is 350. The lowest BCUT2D eigenvalue weighted by Crippen LogP contribution is -1.98. The molecule has 0 atom stereocenters. The Balaban J connectivity index is 2.64. The van der Waals surface area contributed by atoms with Crippen LogP contribution in [0.5, 0.6) is 0 Å². The second kappa shape index (κ2) is 5.11. The highest BCUT2D eigenvalue weighted by molar-refractivity contribution is 5.86. The molecule has 14 heavy (non-hydrogen) atoms. The van der Waals surface area contributed by atoms with Gasteiger partial charge >= 0.3 is 5.97 Å². The molecule has 0 aromatic carbocycles. The maximum Gasteiger partial charge on any atom is 0.330 e. The second-order valence-corrected chi connectivity index (χ2v) is 2.50. The number of ether oxygens (including phenoxy) is 1. The van der Waals surface area contributed by atoms with Crippen molar-refractivity contribution in [1.82, 2.24) is 4.98 Å². The monoisotopic (exact) mass is 195 g/mol. The first kappa shape index (κ1) is 10.4. The lowest BCUT2D eigenvalue weighted by Gasteiger charge is -1.95. The van der Waals surface area contributed by atoms with Crippen molar-refractivity contribution >= 4 is 12.0 Å². The molecule has 0 saturated carbocycles. The molecule has 0 unspecified atom stereocenters. The van der Waals surface area contributed by atoms with Gasteiger partial charge in [-0.25, -0.2) is 9.78 Å². The molecule has 0 N–H and O–H groups in total. The number of carbonyl (C=O) groups is 1. The van der Waals surface area contributed by atoms with E-state index < -0.39 is 11.9 Å². The molecular weight excluding hydrogens is 185 g/mol. The number of halogens is 1. The molecule has 74 valence electrons. The molecule has 1 rings (SSSR count). The zero-order valence-electron chi connectivity index (χ0n) is 7.74. The van der Waals surface area contributed by atoms with Crippen LogP contribution in [0.1, 0.15) is 12.5 Å². The van der Waals surface area contributed by atoms with E-state index in [1.165, 1.54) is 24.4 Å². The first-order chi connectivity index (χ1) is 6.72. The van der Waals surface area contributed by atoms with Crippen molar-refractivity contribution in [2.75, 3.05) is 6.61 Å². The smallest absolute Gasteiger partial charge is 0.330 e. The van der Waals surface area contributed by atoms with Crippen LogP contribution in [-0.4, -0.2) is 17.6 Å². The van der Waals surface area contributed by atoms with Crippen molar-refractivity contribution in [1.29, 1.82) is 0 Å². The first-order valence-corrected chi connectivity index (χ1v) is 4.18. The average molecular weight is 195 g/mol. The van der Waals surface area contributed by atoms with Gasteiger partial charge in [0.05, 0.1) is 6.61 Å². The number of esters is 1. The van der Waals surface area contributed by atoms with Gasteiger partial charge in [0, 0.05) is 18.3 Å². The summed E-state index contributed by atoms with van der Waals surface area (Å²) >= 11 is 0. The average Bonchev–Trinajstić information content (AvgIpc) is 2.15. The molecule has 3 nitrogen and oxygen atoms in total. The van der Waals surface area contributed by atoms with Crippen molar-refractivity contribution in [2.45, 2.75) is 6.92 Å². The van der Waals surface area contributed by atoms with Crippen LogP contribution in [0.25, 0.3) is 6.08 Å². The third kappa shape index (κ3) is 3.35. The zero-order chi connectivity index (χ0) is 10.4. The lowest BCUT2D eigenvalue weighted by atomic mass is 10.2. The van der Waals surface area contributed by atoms with Gasteiger partial charge in [-0.2, -0.15) is 4.39 Å². The molecule has 0 aliphatic rings. The number of rotatable bonds is 3. The van der Waals surface area contributed by atoms with Gasteiger partial charge in [-0.1, -0.05) is 0 Å². The highest BCUT2D eigenvalue weighted by Crippen LogP contribution is 2.02. The van der Waals surface area contributed by atoms with E-state index >= 15 is 0 Å². The maximum atomic E-state index is 12.6. The zero-order valence-corrected chi connectivity index (χ0v) is 7.74. The standard InChI is InChI=1S/C10H10FNO2/c1-2-14-10(13)4-3-8-5-6-12-9(11)7-8/h3-7H,2H2,1H3/b4-3+. The van der Waals surface area contributed by atoms with Crippen LogP contribution in [0.15, 0.2) is 24.4 Å². The van der Waals surface area contributed by atoms with Gasteiger partial charge < -0.3 is 4.74 Å². The summed E-state index contributed by atoms with van der Waals surface area (Å²) in [4.78, 5) is 14.3. The largest absolute Gasteiger partial charge is 0.463 e. The van der Waals surface area contributed by atoms with E-state index in [1.54, 1.807) is 13.0 Å². The summed E-state index contributed by atoms with van der Waals surface area (Å²) in [6.07, 6.45) is 4.06. The summed E-state index contributed by atoms with van der Waals surface area (Å²) in [7, 11) is 0. The molecule has 1 heterocycles. The Morgan fingerprint density at radius 3 is 3.14 bits per heavy atom. The number of hydrogen-bond acceptors (Lipinski definition) is 3. The Kier molecular flexibility index (Phi) is 3.79. The number of aromatic nitrogens is 1. The molecule has 0 radical (unpaired) electrons. The highest BCUT2D eigenvalue weighted by atomic mass is 19.1. The van der Waals surface area contributed by atoms with E-state index in [4.69, 9.17) is 0 Å². The lowest BCUT2D eigenvalue weighted by molar-refractivity contribution is -0.137. The molecule has 0 aliphatic heterocycles. The minimum atomic E-state index is -0.573. The summed E-state index contributed by atoms with van der Waals surface area (Å²) in [6, 6.07) is 2.83. The van der Waals surface area contributed by atoms with E-state index in [9.17, 15) is 9.18 Å². The van der Waals surface area contributed by atoms with Crippen LogP contribution in [0.3, 0.4) is 0 Å². The quantitative estimate of drug-likeness (QED) is 0.419. The van der Waals surface area contributed by atoms with Crippen LogP contribution in [0, 0.1) is 5.95 Å². The summed E-state index contributed by atoms with van der Waals surface area (Å²) in [5.74, 6) is -1.01. The third-order valence-corrected chi connectivity index (χ3v) is 1.45. The molecule has 0 amide bonds. The molecule has 0 aliphatic carbocycles. The Labute approximate surface area is 81.2 Å². The summed E-state index contributed by atoms with van der Waals surface area (Å²) < 4.78 is 17.2. The fourth-order valence-electron chi connectivity index (χ4n) is 0.876. The SMILES string of the molecule is CCOC(=O)/C=C/c1ccnc(F)c1.